The third-order valence-electron chi connectivity index (χ3n) is 5.15. The van der Waals surface area contributed by atoms with Crippen molar-refractivity contribution in [3.63, 3.8) is 0 Å². The zero-order chi connectivity index (χ0) is 17.3. The molecule has 1 aromatic rings. The van der Waals surface area contributed by atoms with E-state index in [0.717, 1.165) is 37.5 Å². The molecule has 2 saturated carbocycles. The normalized spacial score (nSPS) is 29.6. The van der Waals surface area contributed by atoms with Crippen LogP contribution >= 0.6 is 0 Å². The average Bonchev–Trinajstić information content (AvgIpc) is 3.33. The molecule has 24 heavy (non-hydrogen) atoms. The Balaban J connectivity index is 1.65. The molecule has 2 N–H and O–H groups in total. The van der Waals surface area contributed by atoms with Gasteiger partial charge >= 0.3 is 5.97 Å². The van der Waals surface area contributed by atoms with Crippen molar-refractivity contribution in [3.05, 3.63) is 35.4 Å². The standard InChI is InChI=1S/C18H21F2NO3/c19-10-6-7-15(20)13(8-10)12-9-14(12)17(22)21-16-5-3-1-2-4-11(16)18(23)24/h6-8,11-12,14,16H,1-5,9H2,(H,21,22)(H,23,24)/t11-,12?,14?,16+/m1/s1. The predicted molar refractivity (Wildman–Crippen MR) is 83.3 cm³/mol. The molecule has 0 radical (unpaired) electrons. The number of hydrogen-bond donors (Lipinski definition) is 2. The number of carboxylic acids is 1. The van der Waals surface area contributed by atoms with Crippen LogP contribution < -0.4 is 5.32 Å². The number of aliphatic carboxylic acids is 1. The molecule has 130 valence electrons. The maximum Gasteiger partial charge on any atom is 0.308 e. The van der Waals surface area contributed by atoms with Crippen molar-refractivity contribution < 1.29 is 23.5 Å². The van der Waals surface area contributed by atoms with Crippen LogP contribution in [-0.4, -0.2) is 23.0 Å². The number of benzene rings is 1. The second kappa shape index (κ2) is 6.87. The molecule has 1 aromatic carbocycles. The Morgan fingerprint density at radius 3 is 2.58 bits per heavy atom. The quantitative estimate of drug-likeness (QED) is 0.829. The Bertz CT molecular complexity index is 649. The molecule has 0 heterocycles. The third-order valence-corrected chi connectivity index (χ3v) is 5.15. The molecule has 6 heteroatoms. The van der Waals surface area contributed by atoms with Gasteiger partial charge in [-0.3, -0.25) is 9.59 Å². The highest BCUT2D eigenvalue weighted by Gasteiger charge is 2.46. The van der Waals surface area contributed by atoms with E-state index in [-0.39, 0.29) is 23.4 Å². The summed E-state index contributed by atoms with van der Waals surface area (Å²) in [5.74, 6) is -3.46. The van der Waals surface area contributed by atoms with Gasteiger partial charge in [-0.1, -0.05) is 19.3 Å². The molecule has 0 bridgehead atoms. The van der Waals surface area contributed by atoms with Gasteiger partial charge in [0.25, 0.3) is 0 Å². The Morgan fingerprint density at radius 1 is 1.08 bits per heavy atom. The Morgan fingerprint density at radius 2 is 1.83 bits per heavy atom. The predicted octanol–water partition coefficient (Wildman–Crippen LogP) is 3.22. The monoisotopic (exact) mass is 337 g/mol. The van der Waals surface area contributed by atoms with Crippen LogP contribution in [-0.2, 0) is 9.59 Å². The fourth-order valence-electron chi connectivity index (χ4n) is 3.69. The topological polar surface area (TPSA) is 66.4 Å². The summed E-state index contributed by atoms with van der Waals surface area (Å²) in [4.78, 5) is 23.8. The second-order valence-electron chi connectivity index (χ2n) is 6.81. The summed E-state index contributed by atoms with van der Waals surface area (Å²) >= 11 is 0. The zero-order valence-corrected chi connectivity index (χ0v) is 13.3. The number of carbonyl (C=O) groups excluding carboxylic acids is 1. The first-order valence-electron chi connectivity index (χ1n) is 8.45. The van der Waals surface area contributed by atoms with Crippen LogP contribution in [0.4, 0.5) is 8.78 Å². The van der Waals surface area contributed by atoms with Gasteiger partial charge in [-0.25, -0.2) is 8.78 Å². The van der Waals surface area contributed by atoms with Crippen LogP contribution in [0.3, 0.4) is 0 Å². The molecule has 0 saturated heterocycles. The molecule has 2 aliphatic rings. The molecule has 0 aliphatic heterocycles. The van der Waals surface area contributed by atoms with E-state index in [1.807, 2.05) is 0 Å². The first kappa shape index (κ1) is 16.9. The minimum Gasteiger partial charge on any atom is -0.481 e. The van der Waals surface area contributed by atoms with Crippen LogP contribution in [0.15, 0.2) is 18.2 Å². The number of rotatable bonds is 4. The van der Waals surface area contributed by atoms with Crippen LogP contribution in [0.1, 0.15) is 50.0 Å². The first-order chi connectivity index (χ1) is 11.5. The van der Waals surface area contributed by atoms with Crippen molar-refractivity contribution in [2.45, 2.75) is 50.5 Å². The fraction of sp³-hybridized carbons (Fsp3) is 0.556. The lowest BCUT2D eigenvalue weighted by Gasteiger charge is -2.23. The summed E-state index contributed by atoms with van der Waals surface area (Å²) in [5, 5.41) is 12.2. The lowest BCUT2D eigenvalue weighted by atomic mass is 9.94. The summed E-state index contributed by atoms with van der Waals surface area (Å²) in [6.07, 6.45) is 4.39. The van der Waals surface area contributed by atoms with E-state index >= 15 is 0 Å². The van der Waals surface area contributed by atoms with Crippen LogP contribution in [0, 0.1) is 23.5 Å². The number of halogens is 2. The Kier molecular flexibility index (Phi) is 4.83. The van der Waals surface area contributed by atoms with Gasteiger partial charge in [-0.05, 0) is 48.9 Å². The lowest BCUT2D eigenvalue weighted by molar-refractivity contribution is -0.143. The molecule has 2 unspecified atom stereocenters. The van der Waals surface area contributed by atoms with Gasteiger partial charge in [0, 0.05) is 12.0 Å². The van der Waals surface area contributed by atoms with Crippen molar-refractivity contribution in [1.82, 2.24) is 5.32 Å². The number of amides is 1. The van der Waals surface area contributed by atoms with Crippen molar-refractivity contribution in [3.8, 4) is 0 Å². The van der Waals surface area contributed by atoms with E-state index in [4.69, 9.17) is 0 Å². The molecule has 4 atom stereocenters. The summed E-state index contributed by atoms with van der Waals surface area (Å²) in [6, 6.07) is 2.89. The second-order valence-corrected chi connectivity index (χ2v) is 6.81. The molecule has 4 nitrogen and oxygen atoms in total. The summed E-state index contributed by atoms with van der Waals surface area (Å²) in [7, 11) is 0. The van der Waals surface area contributed by atoms with Gasteiger partial charge in [0.15, 0.2) is 0 Å². The molecule has 3 rings (SSSR count). The maximum absolute atomic E-state index is 13.8. The SMILES string of the molecule is O=C(N[C@H]1CCCCC[C@H]1C(=O)O)C1CC1c1cc(F)ccc1F. The highest BCUT2D eigenvalue weighted by atomic mass is 19.1. The Hall–Kier alpha value is -1.98. The third kappa shape index (κ3) is 3.57. The van der Waals surface area contributed by atoms with E-state index in [1.165, 1.54) is 0 Å². The van der Waals surface area contributed by atoms with E-state index in [1.54, 1.807) is 0 Å². The number of hydrogen-bond acceptors (Lipinski definition) is 2. The molecule has 0 spiro atoms. The fourth-order valence-corrected chi connectivity index (χ4v) is 3.69. The zero-order valence-electron chi connectivity index (χ0n) is 13.3. The average molecular weight is 337 g/mol. The lowest BCUT2D eigenvalue weighted by Crippen LogP contribution is -2.43. The van der Waals surface area contributed by atoms with Gasteiger partial charge in [-0.2, -0.15) is 0 Å². The molecular formula is C18H21F2NO3. The Labute approximate surface area is 139 Å². The van der Waals surface area contributed by atoms with Gasteiger partial charge in [0.1, 0.15) is 11.6 Å². The minimum absolute atomic E-state index is 0.228. The summed E-state index contributed by atoms with van der Waals surface area (Å²) in [5.41, 5.74) is 0.228. The summed E-state index contributed by atoms with van der Waals surface area (Å²) in [6.45, 7) is 0. The smallest absolute Gasteiger partial charge is 0.308 e. The number of carboxylic acid groups (broad SMARTS) is 1. The maximum atomic E-state index is 13.8. The van der Waals surface area contributed by atoms with Crippen molar-refractivity contribution >= 4 is 11.9 Å². The highest BCUT2D eigenvalue weighted by molar-refractivity contribution is 5.84. The number of nitrogens with one attached hydrogen (secondary N) is 1. The van der Waals surface area contributed by atoms with Crippen molar-refractivity contribution in [2.24, 2.45) is 11.8 Å². The molecule has 0 aromatic heterocycles. The summed E-state index contributed by atoms with van der Waals surface area (Å²) < 4.78 is 27.1. The van der Waals surface area contributed by atoms with E-state index in [0.29, 0.717) is 19.3 Å². The van der Waals surface area contributed by atoms with Gasteiger partial charge in [0.2, 0.25) is 5.91 Å². The largest absolute Gasteiger partial charge is 0.481 e. The van der Waals surface area contributed by atoms with Crippen LogP contribution in [0.2, 0.25) is 0 Å². The van der Waals surface area contributed by atoms with Gasteiger partial charge in [0.05, 0.1) is 5.92 Å². The molecule has 1 amide bonds. The molecule has 2 fully saturated rings. The van der Waals surface area contributed by atoms with Crippen LogP contribution in [0.25, 0.3) is 0 Å². The van der Waals surface area contributed by atoms with E-state index in [2.05, 4.69) is 5.32 Å². The molecular weight excluding hydrogens is 316 g/mol. The van der Waals surface area contributed by atoms with Crippen molar-refractivity contribution in [2.75, 3.05) is 0 Å². The minimum atomic E-state index is -0.884. The van der Waals surface area contributed by atoms with Gasteiger partial charge in [-0.15, -0.1) is 0 Å². The highest BCUT2D eigenvalue weighted by Crippen LogP contribution is 2.48. The molecule has 2 aliphatic carbocycles. The van der Waals surface area contributed by atoms with Crippen LogP contribution in [0.5, 0.6) is 0 Å². The van der Waals surface area contributed by atoms with Gasteiger partial charge < -0.3 is 10.4 Å². The van der Waals surface area contributed by atoms with Crippen molar-refractivity contribution in [1.29, 1.82) is 0 Å². The first-order valence-corrected chi connectivity index (χ1v) is 8.45. The number of carbonyl (C=O) groups is 2. The van der Waals surface area contributed by atoms with E-state index in [9.17, 15) is 23.5 Å². The van der Waals surface area contributed by atoms with E-state index < -0.39 is 29.4 Å².